The maximum absolute atomic E-state index is 13.3. The third kappa shape index (κ3) is 2.95. The quantitative estimate of drug-likeness (QED) is 0.939. The summed E-state index contributed by atoms with van der Waals surface area (Å²) in [6.45, 7) is 1.17. The van der Waals surface area contributed by atoms with E-state index in [1.54, 1.807) is 6.07 Å². The van der Waals surface area contributed by atoms with E-state index in [9.17, 15) is 9.18 Å². The Kier molecular flexibility index (Phi) is 3.71. The highest BCUT2D eigenvalue weighted by Gasteiger charge is 2.29. The molecule has 0 bridgehead atoms. The summed E-state index contributed by atoms with van der Waals surface area (Å²) in [7, 11) is 0. The van der Waals surface area contributed by atoms with Gasteiger partial charge in [-0.3, -0.25) is 9.69 Å². The lowest BCUT2D eigenvalue weighted by atomic mass is 9.93. The molecule has 0 aliphatic carbocycles. The number of carbonyl (C=O) groups is 1. The van der Waals surface area contributed by atoms with Gasteiger partial charge in [0.2, 0.25) is 5.91 Å². The molecule has 108 valence electrons. The number of nitrogens with two attached hydrogens (primary N) is 1. The van der Waals surface area contributed by atoms with Gasteiger partial charge in [-0.2, -0.15) is 0 Å². The summed E-state index contributed by atoms with van der Waals surface area (Å²) in [4.78, 5) is 13.8. The minimum absolute atomic E-state index is 0.263. The van der Waals surface area contributed by atoms with Crippen LogP contribution in [0.5, 0.6) is 0 Å². The van der Waals surface area contributed by atoms with Crippen molar-refractivity contribution in [3.63, 3.8) is 0 Å². The van der Waals surface area contributed by atoms with Gasteiger partial charge >= 0.3 is 0 Å². The molecule has 1 atom stereocenters. The van der Waals surface area contributed by atoms with Crippen molar-refractivity contribution in [2.24, 2.45) is 5.73 Å². The summed E-state index contributed by atoms with van der Waals surface area (Å²) >= 11 is 0. The third-order valence-corrected chi connectivity index (χ3v) is 3.95. The molecule has 0 fully saturated rings. The lowest BCUT2D eigenvalue weighted by molar-refractivity contribution is -0.124. The second-order valence-corrected chi connectivity index (χ2v) is 5.43. The van der Waals surface area contributed by atoms with E-state index in [4.69, 9.17) is 5.73 Å². The number of hydrogen-bond donors (Lipinski definition) is 1. The predicted octanol–water partition coefficient (Wildman–Crippen LogP) is 2.24. The van der Waals surface area contributed by atoms with Crippen molar-refractivity contribution in [3.8, 4) is 0 Å². The van der Waals surface area contributed by atoms with Crippen LogP contribution in [0, 0.1) is 5.82 Å². The molecule has 0 saturated heterocycles. The Morgan fingerprint density at radius 2 is 1.95 bits per heavy atom. The Bertz CT molecular complexity index is 671. The van der Waals surface area contributed by atoms with Crippen LogP contribution in [0.15, 0.2) is 48.5 Å². The maximum Gasteiger partial charge on any atom is 0.235 e. The second-order valence-electron chi connectivity index (χ2n) is 5.43. The molecule has 2 aromatic rings. The van der Waals surface area contributed by atoms with Gasteiger partial charge in [-0.05, 0) is 35.2 Å². The normalized spacial score (nSPS) is 18.2. The van der Waals surface area contributed by atoms with Crippen LogP contribution < -0.4 is 5.73 Å². The summed E-state index contributed by atoms with van der Waals surface area (Å²) in [6, 6.07) is 14.2. The summed E-state index contributed by atoms with van der Waals surface area (Å²) in [5, 5.41) is 0. The van der Waals surface area contributed by atoms with Gasteiger partial charge in [-0.1, -0.05) is 36.4 Å². The van der Waals surface area contributed by atoms with Crippen molar-refractivity contribution in [3.05, 3.63) is 71.0 Å². The van der Waals surface area contributed by atoms with E-state index in [0.29, 0.717) is 19.5 Å². The fourth-order valence-corrected chi connectivity index (χ4v) is 2.89. The zero-order valence-corrected chi connectivity index (χ0v) is 11.6. The molecule has 0 saturated carbocycles. The Balaban J connectivity index is 1.87. The molecule has 0 radical (unpaired) electrons. The van der Waals surface area contributed by atoms with Crippen molar-refractivity contribution >= 4 is 5.91 Å². The minimum Gasteiger partial charge on any atom is -0.368 e. The molecule has 1 heterocycles. The largest absolute Gasteiger partial charge is 0.368 e. The summed E-state index contributed by atoms with van der Waals surface area (Å²) in [5.74, 6) is -0.596. The van der Waals surface area contributed by atoms with Crippen LogP contribution in [0.2, 0.25) is 0 Å². The van der Waals surface area contributed by atoms with Gasteiger partial charge in [-0.15, -0.1) is 0 Å². The minimum atomic E-state index is -0.344. The first-order valence-corrected chi connectivity index (χ1v) is 6.98. The molecule has 1 amide bonds. The van der Waals surface area contributed by atoms with Gasteiger partial charge in [0.15, 0.2) is 0 Å². The van der Waals surface area contributed by atoms with E-state index in [1.807, 2.05) is 29.2 Å². The molecule has 1 aliphatic heterocycles. The SMILES string of the molecule is NC(=O)[C@@H]1Cc2ccccc2CN1Cc1cccc(F)c1. The van der Waals surface area contributed by atoms with E-state index in [2.05, 4.69) is 6.07 Å². The van der Waals surface area contributed by atoms with E-state index in [1.165, 1.54) is 17.7 Å². The van der Waals surface area contributed by atoms with Crippen LogP contribution in [0.4, 0.5) is 4.39 Å². The monoisotopic (exact) mass is 284 g/mol. The smallest absolute Gasteiger partial charge is 0.235 e. The molecule has 21 heavy (non-hydrogen) atoms. The van der Waals surface area contributed by atoms with Gasteiger partial charge in [0.25, 0.3) is 0 Å². The van der Waals surface area contributed by atoms with Crippen LogP contribution in [0.3, 0.4) is 0 Å². The number of nitrogens with zero attached hydrogens (tertiary/aromatic N) is 1. The van der Waals surface area contributed by atoms with Crippen LogP contribution >= 0.6 is 0 Å². The van der Waals surface area contributed by atoms with Gasteiger partial charge in [0, 0.05) is 13.1 Å². The zero-order valence-electron chi connectivity index (χ0n) is 11.6. The summed E-state index contributed by atoms with van der Waals surface area (Å²) in [6.07, 6.45) is 0.612. The summed E-state index contributed by atoms with van der Waals surface area (Å²) in [5.41, 5.74) is 8.76. The number of primary amides is 1. The average Bonchev–Trinajstić information content (AvgIpc) is 2.46. The van der Waals surface area contributed by atoms with Crippen molar-refractivity contribution < 1.29 is 9.18 Å². The summed E-state index contributed by atoms with van der Waals surface area (Å²) < 4.78 is 13.3. The topological polar surface area (TPSA) is 46.3 Å². The number of hydrogen-bond acceptors (Lipinski definition) is 2. The van der Waals surface area contributed by atoms with Crippen molar-refractivity contribution in [2.45, 2.75) is 25.6 Å². The molecule has 4 heteroatoms. The highest BCUT2D eigenvalue weighted by atomic mass is 19.1. The van der Waals surface area contributed by atoms with Crippen LogP contribution in [0.25, 0.3) is 0 Å². The number of carbonyl (C=O) groups excluding carboxylic acids is 1. The molecule has 2 aromatic carbocycles. The van der Waals surface area contributed by atoms with Crippen LogP contribution in [-0.4, -0.2) is 16.8 Å². The maximum atomic E-state index is 13.3. The lowest BCUT2D eigenvalue weighted by Gasteiger charge is -2.35. The van der Waals surface area contributed by atoms with E-state index in [0.717, 1.165) is 11.1 Å². The Morgan fingerprint density at radius 3 is 2.67 bits per heavy atom. The Morgan fingerprint density at radius 1 is 1.19 bits per heavy atom. The molecule has 2 N–H and O–H groups in total. The standard InChI is InChI=1S/C17H17FN2O/c18-15-7-3-4-12(8-15)10-20-11-14-6-2-1-5-13(14)9-16(20)17(19)21/h1-8,16H,9-11H2,(H2,19,21)/t16-/m0/s1. The van der Waals surface area contributed by atoms with Gasteiger partial charge in [0.1, 0.15) is 5.82 Å². The molecule has 3 rings (SSSR count). The zero-order chi connectivity index (χ0) is 14.8. The fourth-order valence-electron chi connectivity index (χ4n) is 2.89. The first-order valence-electron chi connectivity index (χ1n) is 6.98. The van der Waals surface area contributed by atoms with Crippen LogP contribution in [-0.2, 0) is 24.3 Å². The van der Waals surface area contributed by atoms with Gasteiger partial charge in [0.05, 0.1) is 6.04 Å². The predicted molar refractivity (Wildman–Crippen MR) is 78.8 cm³/mol. The molecular formula is C17H17FN2O. The number of benzene rings is 2. The Labute approximate surface area is 123 Å². The number of fused-ring (bicyclic) bond motifs is 1. The molecule has 0 aromatic heterocycles. The van der Waals surface area contributed by atoms with E-state index in [-0.39, 0.29) is 17.8 Å². The molecule has 0 spiro atoms. The van der Waals surface area contributed by atoms with Crippen molar-refractivity contribution in [2.75, 3.05) is 0 Å². The number of halogens is 1. The number of amides is 1. The van der Waals surface area contributed by atoms with E-state index >= 15 is 0 Å². The van der Waals surface area contributed by atoms with Gasteiger partial charge < -0.3 is 5.73 Å². The fraction of sp³-hybridized carbons (Fsp3) is 0.235. The highest BCUT2D eigenvalue weighted by Crippen LogP contribution is 2.25. The van der Waals surface area contributed by atoms with E-state index < -0.39 is 0 Å². The van der Waals surface area contributed by atoms with Crippen molar-refractivity contribution in [1.29, 1.82) is 0 Å². The van der Waals surface area contributed by atoms with Crippen LogP contribution in [0.1, 0.15) is 16.7 Å². The lowest BCUT2D eigenvalue weighted by Crippen LogP contribution is -2.48. The molecule has 3 nitrogen and oxygen atoms in total. The first-order chi connectivity index (χ1) is 10.1. The molecule has 1 aliphatic rings. The van der Waals surface area contributed by atoms with Gasteiger partial charge in [-0.25, -0.2) is 4.39 Å². The second kappa shape index (κ2) is 5.66. The molecule has 0 unspecified atom stereocenters. The first kappa shape index (κ1) is 13.8. The Hall–Kier alpha value is -2.20. The third-order valence-electron chi connectivity index (χ3n) is 3.95. The average molecular weight is 284 g/mol. The number of rotatable bonds is 3. The molecular weight excluding hydrogens is 267 g/mol. The highest BCUT2D eigenvalue weighted by molar-refractivity contribution is 5.80. The van der Waals surface area contributed by atoms with Crippen molar-refractivity contribution in [1.82, 2.24) is 4.90 Å².